The molecule has 0 spiro atoms. The minimum atomic E-state index is 0.300. The summed E-state index contributed by atoms with van der Waals surface area (Å²) in [5.74, 6) is 0. The monoisotopic (exact) mass is 128 g/mol. The molecule has 0 aromatic carbocycles. The van der Waals surface area contributed by atoms with Gasteiger partial charge in [-0.25, -0.2) is 0 Å². The van der Waals surface area contributed by atoms with Crippen molar-refractivity contribution in [3.05, 3.63) is 12.8 Å². The molecule has 54 valence electrons. The second-order valence-electron chi connectivity index (χ2n) is 3.00. The van der Waals surface area contributed by atoms with Crippen LogP contribution in [0.3, 0.4) is 0 Å². The normalized spacial score (nSPS) is 11.0. The first-order chi connectivity index (χ1) is 4.12. The van der Waals surface area contributed by atoms with Crippen molar-refractivity contribution in [3.63, 3.8) is 0 Å². The van der Waals surface area contributed by atoms with E-state index < -0.39 is 0 Å². The van der Waals surface area contributed by atoms with Gasteiger partial charge in [-0.05, 0) is 11.8 Å². The SMILES string of the molecule is C=COCC(C)(C)CC. The van der Waals surface area contributed by atoms with Crippen LogP contribution in [-0.2, 0) is 4.74 Å². The predicted octanol–water partition coefficient (Wildman–Crippen LogP) is 2.58. The summed E-state index contributed by atoms with van der Waals surface area (Å²) in [6.07, 6.45) is 2.64. The van der Waals surface area contributed by atoms with Crippen molar-refractivity contribution in [1.29, 1.82) is 0 Å². The van der Waals surface area contributed by atoms with Crippen molar-refractivity contribution < 1.29 is 4.74 Å². The summed E-state index contributed by atoms with van der Waals surface area (Å²) in [6, 6.07) is 0. The van der Waals surface area contributed by atoms with Crippen molar-refractivity contribution >= 4 is 0 Å². The third-order valence-electron chi connectivity index (χ3n) is 1.55. The second-order valence-corrected chi connectivity index (χ2v) is 3.00. The lowest BCUT2D eigenvalue weighted by Gasteiger charge is -2.20. The van der Waals surface area contributed by atoms with Crippen LogP contribution < -0.4 is 0 Å². The van der Waals surface area contributed by atoms with E-state index in [2.05, 4.69) is 27.4 Å². The fourth-order valence-electron chi connectivity index (χ4n) is 0.387. The highest BCUT2D eigenvalue weighted by Gasteiger charge is 2.14. The van der Waals surface area contributed by atoms with Crippen molar-refractivity contribution in [1.82, 2.24) is 0 Å². The zero-order valence-electron chi connectivity index (χ0n) is 6.61. The van der Waals surface area contributed by atoms with Crippen LogP contribution in [0.15, 0.2) is 12.8 Å². The molecular formula is C8H16O. The smallest absolute Gasteiger partial charge is 0.0923 e. The summed E-state index contributed by atoms with van der Waals surface area (Å²) < 4.78 is 5.05. The average Bonchev–Trinajstić information content (AvgIpc) is 1.84. The Labute approximate surface area is 57.7 Å². The molecule has 0 saturated heterocycles. The van der Waals surface area contributed by atoms with E-state index in [-0.39, 0.29) is 0 Å². The minimum Gasteiger partial charge on any atom is -0.501 e. The highest BCUT2D eigenvalue weighted by molar-refractivity contribution is 4.66. The van der Waals surface area contributed by atoms with Crippen LogP contribution in [0, 0.1) is 5.41 Å². The van der Waals surface area contributed by atoms with Crippen LogP contribution in [0.2, 0.25) is 0 Å². The third kappa shape index (κ3) is 4.07. The van der Waals surface area contributed by atoms with Gasteiger partial charge >= 0.3 is 0 Å². The van der Waals surface area contributed by atoms with Gasteiger partial charge in [0.1, 0.15) is 0 Å². The summed E-state index contributed by atoms with van der Waals surface area (Å²) in [5, 5.41) is 0. The van der Waals surface area contributed by atoms with Gasteiger partial charge < -0.3 is 4.74 Å². The second kappa shape index (κ2) is 3.54. The molecule has 0 atom stereocenters. The Morgan fingerprint density at radius 1 is 1.56 bits per heavy atom. The molecular weight excluding hydrogens is 112 g/mol. The first-order valence-corrected chi connectivity index (χ1v) is 3.35. The Kier molecular flexibility index (Phi) is 3.36. The van der Waals surface area contributed by atoms with E-state index >= 15 is 0 Å². The van der Waals surface area contributed by atoms with Gasteiger partial charge in [0.15, 0.2) is 0 Å². The average molecular weight is 128 g/mol. The molecule has 9 heavy (non-hydrogen) atoms. The lowest BCUT2D eigenvalue weighted by molar-refractivity contribution is 0.134. The maximum Gasteiger partial charge on any atom is 0.0923 e. The van der Waals surface area contributed by atoms with Gasteiger partial charge in [0.2, 0.25) is 0 Å². The van der Waals surface area contributed by atoms with Crippen molar-refractivity contribution in [3.8, 4) is 0 Å². The zero-order valence-corrected chi connectivity index (χ0v) is 6.61. The van der Waals surface area contributed by atoms with E-state index in [0.717, 1.165) is 13.0 Å². The van der Waals surface area contributed by atoms with Crippen LogP contribution in [-0.4, -0.2) is 6.61 Å². The molecule has 0 aliphatic rings. The lowest BCUT2D eigenvalue weighted by atomic mass is 9.92. The summed E-state index contributed by atoms with van der Waals surface area (Å²) in [5.41, 5.74) is 0.300. The highest BCUT2D eigenvalue weighted by atomic mass is 16.5. The maximum atomic E-state index is 5.05. The number of rotatable bonds is 4. The molecule has 0 bridgehead atoms. The topological polar surface area (TPSA) is 9.23 Å². The largest absolute Gasteiger partial charge is 0.501 e. The Morgan fingerprint density at radius 2 is 2.11 bits per heavy atom. The fourth-order valence-corrected chi connectivity index (χ4v) is 0.387. The molecule has 0 N–H and O–H groups in total. The van der Waals surface area contributed by atoms with Gasteiger partial charge in [0, 0.05) is 0 Å². The Morgan fingerprint density at radius 3 is 2.44 bits per heavy atom. The summed E-state index contributed by atoms with van der Waals surface area (Å²) >= 11 is 0. The van der Waals surface area contributed by atoms with Gasteiger partial charge in [-0.2, -0.15) is 0 Å². The van der Waals surface area contributed by atoms with E-state index in [4.69, 9.17) is 4.74 Å². The van der Waals surface area contributed by atoms with Gasteiger partial charge in [-0.3, -0.25) is 0 Å². The van der Waals surface area contributed by atoms with E-state index in [1.54, 1.807) is 0 Å². The highest BCUT2D eigenvalue weighted by Crippen LogP contribution is 2.19. The van der Waals surface area contributed by atoms with Crippen molar-refractivity contribution in [2.45, 2.75) is 27.2 Å². The molecule has 0 aromatic rings. The molecule has 0 fully saturated rings. The van der Waals surface area contributed by atoms with Crippen LogP contribution in [0.5, 0.6) is 0 Å². The van der Waals surface area contributed by atoms with Crippen LogP contribution in [0.1, 0.15) is 27.2 Å². The van der Waals surface area contributed by atoms with E-state index in [9.17, 15) is 0 Å². The van der Waals surface area contributed by atoms with Crippen molar-refractivity contribution in [2.24, 2.45) is 5.41 Å². The van der Waals surface area contributed by atoms with Crippen LogP contribution in [0.4, 0.5) is 0 Å². The summed E-state index contributed by atoms with van der Waals surface area (Å²) in [6.45, 7) is 10.8. The standard InChI is InChI=1S/C8H16O/c1-5-8(3,4)7-9-6-2/h6H,2,5,7H2,1,3-4H3. The molecule has 0 radical (unpaired) electrons. The molecule has 0 rings (SSSR count). The fraction of sp³-hybridized carbons (Fsp3) is 0.750. The third-order valence-corrected chi connectivity index (χ3v) is 1.55. The predicted molar refractivity (Wildman–Crippen MR) is 40.2 cm³/mol. The lowest BCUT2D eigenvalue weighted by Crippen LogP contribution is -2.15. The molecule has 0 heterocycles. The molecule has 0 amide bonds. The summed E-state index contributed by atoms with van der Waals surface area (Å²) in [7, 11) is 0. The number of hydrogen-bond donors (Lipinski definition) is 0. The molecule has 0 unspecified atom stereocenters. The first kappa shape index (κ1) is 8.54. The Balaban J connectivity index is 3.44. The van der Waals surface area contributed by atoms with E-state index in [0.29, 0.717) is 5.41 Å². The molecule has 1 heteroatoms. The molecule has 1 nitrogen and oxygen atoms in total. The van der Waals surface area contributed by atoms with Gasteiger partial charge in [-0.15, -0.1) is 0 Å². The Bertz CT molecular complexity index is 84.6. The minimum absolute atomic E-state index is 0.300. The molecule has 0 saturated carbocycles. The summed E-state index contributed by atoms with van der Waals surface area (Å²) in [4.78, 5) is 0. The first-order valence-electron chi connectivity index (χ1n) is 3.35. The van der Waals surface area contributed by atoms with E-state index in [1.165, 1.54) is 6.26 Å². The molecule has 0 aromatic heterocycles. The van der Waals surface area contributed by atoms with Crippen LogP contribution >= 0.6 is 0 Å². The van der Waals surface area contributed by atoms with Gasteiger partial charge in [0.05, 0.1) is 12.9 Å². The quantitative estimate of drug-likeness (QED) is 0.529. The Hall–Kier alpha value is -0.460. The van der Waals surface area contributed by atoms with Gasteiger partial charge in [-0.1, -0.05) is 27.4 Å². The zero-order chi connectivity index (χ0) is 7.33. The molecule has 0 aliphatic heterocycles. The van der Waals surface area contributed by atoms with E-state index in [1.807, 2.05) is 0 Å². The maximum absolute atomic E-state index is 5.05. The number of hydrogen-bond acceptors (Lipinski definition) is 1. The van der Waals surface area contributed by atoms with Crippen LogP contribution in [0.25, 0.3) is 0 Å². The van der Waals surface area contributed by atoms with Gasteiger partial charge in [0.25, 0.3) is 0 Å². The number of ether oxygens (including phenoxy) is 1. The molecule has 0 aliphatic carbocycles. The van der Waals surface area contributed by atoms with Crippen molar-refractivity contribution in [2.75, 3.05) is 6.61 Å².